The fraction of sp³-hybridized carbons (Fsp3) is 0.562. The summed E-state index contributed by atoms with van der Waals surface area (Å²) < 4.78 is 18.9. The van der Waals surface area contributed by atoms with E-state index in [0.29, 0.717) is 18.7 Å². The number of hydrogen-bond acceptors (Lipinski definition) is 3. The van der Waals surface area contributed by atoms with Gasteiger partial charge in [-0.1, -0.05) is 25.0 Å². The molecule has 5 heteroatoms. The van der Waals surface area contributed by atoms with E-state index in [4.69, 9.17) is 4.74 Å². The van der Waals surface area contributed by atoms with E-state index in [-0.39, 0.29) is 23.4 Å². The first kappa shape index (κ1) is 15.8. The molecule has 0 saturated heterocycles. The molecular formula is C16H22FNO3. The molecule has 1 saturated carbocycles. The van der Waals surface area contributed by atoms with Gasteiger partial charge in [0.15, 0.2) is 11.6 Å². The predicted molar refractivity (Wildman–Crippen MR) is 77.7 cm³/mol. The lowest BCUT2D eigenvalue weighted by molar-refractivity contribution is -0.144. The number of hydrogen-bond donors (Lipinski definition) is 2. The largest absolute Gasteiger partial charge is 0.494 e. The first-order valence-electron chi connectivity index (χ1n) is 7.38. The summed E-state index contributed by atoms with van der Waals surface area (Å²) in [6.45, 7) is 0.986. The molecule has 0 radical (unpaired) electrons. The van der Waals surface area contributed by atoms with Crippen LogP contribution in [0.15, 0.2) is 18.2 Å². The van der Waals surface area contributed by atoms with E-state index in [9.17, 15) is 14.3 Å². The summed E-state index contributed by atoms with van der Waals surface area (Å²) in [5.74, 6) is -0.985. The Kier molecular flexibility index (Phi) is 5.56. The maximum Gasteiger partial charge on any atom is 0.306 e. The third-order valence-corrected chi connectivity index (χ3v) is 4.21. The van der Waals surface area contributed by atoms with Crippen molar-refractivity contribution < 1.29 is 19.0 Å². The minimum atomic E-state index is -0.714. The van der Waals surface area contributed by atoms with Crippen LogP contribution in [0, 0.1) is 17.7 Å². The van der Waals surface area contributed by atoms with Crippen LogP contribution in [-0.4, -0.2) is 24.7 Å². The molecule has 0 aliphatic heterocycles. The van der Waals surface area contributed by atoms with Gasteiger partial charge in [-0.2, -0.15) is 0 Å². The van der Waals surface area contributed by atoms with Crippen molar-refractivity contribution in [3.8, 4) is 5.75 Å². The van der Waals surface area contributed by atoms with Crippen LogP contribution in [-0.2, 0) is 11.3 Å². The summed E-state index contributed by atoms with van der Waals surface area (Å²) in [6, 6.07) is 5.04. The van der Waals surface area contributed by atoms with E-state index in [0.717, 1.165) is 25.7 Å². The molecule has 1 aliphatic rings. The monoisotopic (exact) mass is 295 g/mol. The summed E-state index contributed by atoms with van der Waals surface area (Å²) in [7, 11) is 1.44. The number of carbonyl (C=O) groups is 1. The Morgan fingerprint density at radius 3 is 2.90 bits per heavy atom. The Bertz CT molecular complexity index is 492. The number of nitrogens with one attached hydrogen (secondary N) is 1. The van der Waals surface area contributed by atoms with E-state index in [1.165, 1.54) is 7.11 Å². The topological polar surface area (TPSA) is 58.6 Å². The molecule has 1 aromatic carbocycles. The number of carboxylic acid groups (broad SMARTS) is 1. The van der Waals surface area contributed by atoms with Crippen LogP contribution in [0.3, 0.4) is 0 Å². The van der Waals surface area contributed by atoms with Crippen LogP contribution in [0.2, 0.25) is 0 Å². The fourth-order valence-electron chi connectivity index (χ4n) is 3.02. The van der Waals surface area contributed by atoms with Gasteiger partial charge in [-0.3, -0.25) is 4.79 Å². The summed E-state index contributed by atoms with van der Waals surface area (Å²) in [6.07, 6.45) is 3.72. The van der Waals surface area contributed by atoms with Gasteiger partial charge in [0.25, 0.3) is 0 Å². The van der Waals surface area contributed by atoms with Gasteiger partial charge in [0, 0.05) is 12.1 Å². The van der Waals surface area contributed by atoms with Crippen molar-refractivity contribution >= 4 is 5.97 Å². The number of aliphatic carboxylic acids is 1. The van der Waals surface area contributed by atoms with Crippen molar-refractivity contribution in [2.24, 2.45) is 11.8 Å². The maximum absolute atomic E-state index is 14.0. The molecule has 1 aromatic rings. The molecule has 116 valence electrons. The molecule has 2 N–H and O–H groups in total. The number of benzene rings is 1. The van der Waals surface area contributed by atoms with E-state index in [2.05, 4.69) is 5.32 Å². The normalized spacial score (nSPS) is 22.0. The average Bonchev–Trinajstić information content (AvgIpc) is 2.49. The Morgan fingerprint density at radius 2 is 2.19 bits per heavy atom. The standard InChI is InChI=1S/C16H22FNO3/c1-21-14-8-4-6-12(15(14)17)10-18-9-11-5-2-3-7-13(11)16(19)20/h4,6,8,11,13,18H,2-3,5,7,9-10H2,1H3,(H,19,20). The highest BCUT2D eigenvalue weighted by molar-refractivity contribution is 5.70. The molecule has 0 heterocycles. The van der Waals surface area contributed by atoms with Gasteiger partial charge < -0.3 is 15.2 Å². The SMILES string of the molecule is COc1cccc(CNCC2CCCCC2C(=O)O)c1F. The second-order valence-corrected chi connectivity index (χ2v) is 5.55. The van der Waals surface area contributed by atoms with Crippen LogP contribution in [0.4, 0.5) is 4.39 Å². The molecule has 2 rings (SSSR count). The Labute approximate surface area is 124 Å². The number of halogens is 1. The number of carboxylic acids is 1. The molecule has 21 heavy (non-hydrogen) atoms. The highest BCUT2D eigenvalue weighted by atomic mass is 19.1. The molecule has 0 amide bonds. The highest BCUT2D eigenvalue weighted by Gasteiger charge is 2.30. The maximum atomic E-state index is 14.0. The van der Waals surface area contributed by atoms with Crippen molar-refractivity contribution in [2.45, 2.75) is 32.2 Å². The Morgan fingerprint density at radius 1 is 1.43 bits per heavy atom. The van der Waals surface area contributed by atoms with E-state index in [1.807, 2.05) is 0 Å². The summed E-state index contributed by atoms with van der Waals surface area (Å²) in [4.78, 5) is 11.2. The van der Waals surface area contributed by atoms with Gasteiger partial charge in [0.05, 0.1) is 13.0 Å². The molecule has 2 atom stereocenters. The Balaban J connectivity index is 1.90. The number of rotatable bonds is 6. The van der Waals surface area contributed by atoms with E-state index in [1.54, 1.807) is 18.2 Å². The van der Waals surface area contributed by atoms with Crippen LogP contribution in [0.25, 0.3) is 0 Å². The highest BCUT2D eigenvalue weighted by Crippen LogP contribution is 2.30. The van der Waals surface area contributed by atoms with Gasteiger partial charge in [-0.05, 0) is 31.4 Å². The van der Waals surface area contributed by atoms with Crippen LogP contribution in [0.5, 0.6) is 5.75 Å². The first-order chi connectivity index (χ1) is 10.1. The molecule has 0 bridgehead atoms. The van der Waals surface area contributed by atoms with Gasteiger partial charge in [0.1, 0.15) is 0 Å². The minimum Gasteiger partial charge on any atom is -0.494 e. The fourth-order valence-corrected chi connectivity index (χ4v) is 3.02. The van der Waals surface area contributed by atoms with Gasteiger partial charge in [0.2, 0.25) is 0 Å². The molecule has 1 aliphatic carbocycles. The average molecular weight is 295 g/mol. The lowest BCUT2D eigenvalue weighted by Gasteiger charge is -2.28. The van der Waals surface area contributed by atoms with E-state index < -0.39 is 5.97 Å². The quantitative estimate of drug-likeness (QED) is 0.847. The van der Waals surface area contributed by atoms with Crippen LogP contribution >= 0.6 is 0 Å². The zero-order valence-electron chi connectivity index (χ0n) is 12.3. The van der Waals surface area contributed by atoms with Crippen LogP contribution in [0.1, 0.15) is 31.2 Å². The summed E-state index contributed by atoms with van der Waals surface area (Å²) >= 11 is 0. The van der Waals surface area contributed by atoms with Crippen molar-refractivity contribution in [3.63, 3.8) is 0 Å². The predicted octanol–water partition coefficient (Wildman–Crippen LogP) is 2.81. The van der Waals surface area contributed by atoms with Gasteiger partial charge >= 0.3 is 5.97 Å². The first-order valence-corrected chi connectivity index (χ1v) is 7.38. The van der Waals surface area contributed by atoms with Gasteiger partial charge in [-0.15, -0.1) is 0 Å². The third-order valence-electron chi connectivity index (χ3n) is 4.21. The third kappa shape index (κ3) is 3.94. The second kappa shape index (κ2) is 7.41. The molecule has 1 fully saturated rings. The number of ether oxygens (including phenoxy) is 1. The second-order valence-electron chi connectivity index (χ2n) is 5.55. The molecular weight excluding hydrogens is 273 g/mol. The Hall–Kier alpha value is -1.62. The van der Waals surface area contributed by atoms with Crippen molar-refractivity contribution in [3.05, 3.63) is 29.6 Å². The van der Waals surface area contributed by atoms with Crippen molar-refractivity contribution in [1.29, 1.82) is 0 Å². The minimum absolute atomic E-state index is 0.130. The van der Waals surface area contributed by atoms with Crippen molar-refractivity contribution in [2.75, 3.05) is 13.7 Å². The molecule has 4 nitrogen and oxygen atoms in total. The molecule has 2 unspecified atom stereocenters. The lowest BCUT2D eigenvalue weighted by Crippen LogP contribution is -2.34. The molecule has 0 spiro atoms. The zero-order valence-corrected chi connectivity index (χ0v) is 12.3. The van der Waals surface area contributed by atoms with Gasteiger partial charge in [-0.25, -0.2) is 4.39 Å². The smallest absolute Gasteiger partial charge is 0.306 e. The van der Waals surface area contributed by atoms with E-state index >= 15 is 0 Å². The number of methoxy groups -OCH3 is 1. The molecule has 0 aromatic heterocycles. The summed E-state index contributed by atoms with van der Waals surface area (Å²) in [5.41, 5.74) is 0.539. The van der Waals surface area contributed by atoms with Crippen molar-refractivity contribution in [1.82, 2.24) is 5.32 Å². The lowest BCUT2D eigenvalue weighted by atomic mass is 9.79. The summed E-state index contributed by atoms with van der Waals surface area (Å²) in [5, 5.41) is 12.4. The zero-order chi connectivity index (χ0) is 15.2. The van der Waals surface area contributed by atoms with Crippen LogP contribution < -0.4 is 10.1 Å².